The first-order valence-corrected chi connectivity index (χ1v) is 15.2. The van der Waals surface area contributed by atoms with Crippen LogP contribution in [0.25, 0.3) is 0 Å². The number of hydrogen-bond acceptors (Lipinski definition) is 4. The van der Waals surface area contributed by atoms with Crippen molar-refractivity contribution in [3.63, 3.8) is 0 Å². The van der Waals surface area contributed by atoms with Crippen LogP contribution in [0.3, 0.4) is 0 Å². The van der Waals surface area contributed by atoms with Crippen LogP contribution in [0.5, 0.6) is 0 Å². The molecule has 0 aliphatic carbocycles. The Bertz CT molecular complexity index is 1690. The zero-order valence-corrected chi connectivity index (χ0v) is 28.2. The van der Waals surface area contributed by atoms with Crippen LogP contribution in [0.15, 0.2) is 84.9 Å². The van der Waals surface area contributed by atoms with Crippen molar-refractivity contribution in [2.24, 2.45) is 0 Å². The molecule has 252 valence electrons. The molecule has 0 aliphatic rings. The lowest BCUT2D eigenvalue weighted by molar-refractivity contribution is -0.138. The number of carbonyl (C=O) groups excluding carboxylic acids is 2. The molecule has 0 saturated heterocycles. The normalized spacial score (nSPS) is 11.0. The molecule has 0 unspecified atom stereocenters. The highest BCUT2D eigenvalue weighted by atomic mass is 35.5. The summed E-state index contributed by atoms with van der Waals surface area (Å²) in [6.07, 6.45) is -8.96. The van der Waals surface area contributed by atoms with Gasteiger partial charge < -0.3 is 10.6 Å². The van der Waals surface area contributed by atoms with Gasteiger partial charge in [0, 0.05) is 11.4 Å². The fourth-order valence-electron chi connectivity index (χ4n) is 3.63. The van der Waals surface area contributed by atoms with Crippen molar-refractivity contribution in [1.82, 2.24) is 10.6 Å². The van der Waals surface area contributed by atoms with E-state index in [0.717, 1.165) is 24.3 Å². The molecular formula is C30H18Cl4F6N4O2S2. The number of halogens is 10. The van der Waals surface area contributed by atoms with Crippen molar-refractivity contribution in [1.29, 1.82) is 0 Å². The molecule has 0 heterocycles. The second-order valence-electron chi connectivity index (χ2n) is 9.17. The van der Waals surface area contributed by atoms with E-state index in [1.54, 1.807) is 12.1 Å². The van der Waals surface area contributed by atoms with Gasteiger partial charge in [-0.05, 0) is 85.1 Å². The molecular weight excluding hydrogens is 768 g/mol. The number of benzene rings is 4. The van der Waals surface area contributed by atoms with Gasteiger partial charge >= 0.3 is 12.4 Å². The van der Waals surface area contributed by atoms with Crippen LogP contribution in [-0.4, -0.2) is 22.0 Å². The van der Waals surface area contributed by atoms with Gasteiger partial charge in [0.1, 0.15) is 0 Å². The topological polar surface area (TPSA) is 82.3 Å². The molecule has 4 N–H and O–H groups in total. The molecule has 0 radical (unpaired) electrons. The van der Waals surface area contributed by atoms with Gasteiger partial charge in [-0.2, -0.15) is 26.3 Å². The standard InChI is InChI=1S/2C15H9Cl2F3N2OS/c2*16-10-5-2-6-11(17)12(10)13(23)22-14(24)21-9-4-1-3-8(7-9)15(18,19)20/h2*1-7H,(H2,21,22,23,24). The lowest BCUT2D eigenvalue weighted by Crippen LogP contribution is -2.34. The molecule has 0 aromatic heterocycles. The van der Waals surface area contributed by atoms with Gasteiger partial charge in [0.2, 0.25) is 0 Å². The Balaban J connectivity index is 0.000000260. The second-order valence-corrected chi connectivity index (χ2v) is 11.6. The molecule has 6 nitrogen and oxygen atoms in total. The van der Waals surface area contributed by atoms with E-state index in [0.29, 0.717) is 0 Å². The molecule has 0 fully saturated rings. The van der Waals surface area contributed by atoms with Crippen molar-refractivity contribution in [2.75, 3.05) is 10.6 Å². The summed E-state index contributed by atoms with van der Waals surface area (Å²) >= 11 is 33.5. The minimum atomic E-state index is -4.48. The predicted octanol–water partition coefficient (Wildman–Crippen LogP) is 10.3. The first-order chi connectivity index (χ1) is 22.4. The van der Waals surface area contributed by atoms with Crippen LogP contribution in [0.1, 0.15) is 31.8 Å². The van der Waals surface area contributed by atoms with E-state index < -0.39 is 35.3 Å². The summed E-state index contributed by atoms with van der Waals surface area (Å²) in [6.45, 7) is 0. The van der Waals surface area contributed by atoms with Crippen LogP contribution in [-0.2, 0) is 12.4 Å². The first kappa shape index (κ1) is 38.8. The molecule has 18 heteroatoms. The highest BCUT2D eigenvalue weighted by Gasteiger charge is 2.31. The van der Waals surface area contributed by atoms with Crippen LogP contribution >= 0.6 is 70.8 Å². The summed E-state index contributed by atoms with van der Waals surface area (Å²) < 4.78 is 76.0. The number of anilines is 2. The number of hydrogen-bond donors (Lipinski definition) is 4. The third-order valence-corrected chi connectivity index (χ3v) is 7.40. The Morgan fingerprint density at radius 2 is 0.812 bits per heavy atom. The average molecular weight is 786 g/mol. The number of nitrogens with one attached hydrogen (secondary N) is 4. The maximum Gasteiger partial charge on any atom is 0.416 e. The van der Waals surface area contributed by atoms with E-state index in [9.17, 15) is 35.9 Å². The molecule has 0 aliphatic heterocycles. The van der Waals surface area contributed by atoms with E-state index in [-0.39, 0.29) is 52.8 Å². The number of rotatable bonds is 4. The SMILES string of the molecule is O=C(NC(=S)Nc1cccc(C(F)(F)F)c1)c1c(Cl)cccc1Cl.O=C(NC(=S)Nc1cccc(C(F)(F)F)c1)c1c(Cl)cccc1Cl. The van der Waals surface area contributed by atoms with Crippen molar-refractivity contribution < 1.29 is 35.9 Å². The van der Waals surface area contributed by atoms with Gasteiger partial charge in [-0.15, -0.1) is 0 Å². The predicted molar refractivity (Wildman–Crippen MR) is 183 cm³/mol. The number of thiocarbonyl (C=S) groups is 2. The minimum absolute atomic E-state index is 0.0222. The van der Waals surface area contributed by atoms with Crippen LogP contribution in [0.2, 0.25) is 20.1 Å². The summed E-state index contributed by atoms with van der Waals surface area (Å²) in [6, 6.07) is 17.9. The maximum atomic E-state index is 12.7. The van der Waals surface area contributed by atoms with Crippen molar-refractivity contribution in [2.45, 2.75) is 12.4 Å². The van der Waals surface area contributed by atoms with E-state index in [1.165, 1.54) is 48.5 Å². The Morgan fingerprint density at radius 1 is 0.521 bits per heavy atom. The van der Waals surface area contributed by atoms with E-state index in [1.807, 2.05) is 0 Å². The molecule has 4 aromatic rings. The van der Waals surface area contributed by atoms with Gasteiger partial charge in [-0.1, -0.05) is 70.7 Å². The van der Waals surface area contributed by atoms with E-state index in [4.69, 9.17) is 70.8 Å². The molecule has 0 bridgehead atoms. The quantitative estimate of drug-likeness (QED) is 0.122. The van der Waals surface area contributed by atoms with Gasteiger partial charge in [0.25, 0.3) is 11.8 Å². The number of alkyl halides is 6. The lowest BCUT2D eigenvalue weighted by atomic mass is 10.2. The molecule has 0 saturated carbocycles. The highest BCUT2D eigenvalue weighted by molar-refractivity contribution is 7.80. The Hall–Kier alpha value is -3.66. The van der Waals surface area contributed by atoms with E-state index in [2.05, 4.69) is 21.3 Å². The number of carbonyl (C=O) groups is 2. The number of amides is 2. The summed E-state index contributed by atoms with van der Waals surface area (Å²) in [5.74, 6) is -1.34. The third-order valence-electron chi connectivity index (χ3n) is 5.73. The highest BCUT2D eigenvalue weighted by Crippen LogP contribution is 2.32. The smallest absolute Gasteiger partial charge is 0.332 e. The fraction of sp³-hybridized carbons (Fsp3) is 0.0667. The summed E-state index contributed by atoms with van der Waals surface area (Å²) in [5, 5.41) is 9.78. The largest absolute Gasteiger partial charge is 0.416 e. The molecule has 48 heavy (non-hydrogen) atoms. The zero-order chi connectivity index (χ0) is 35.8. The first-order valence-electron chi connectivity index (χ1n) is 12.8. The second kappa shape index (κ2) is 16.6. The van der Waals surface area contributed by atoms with Gasteiger partial charge in [0.05, 0.1) is 42.3 Å². The van der Waals surface area contributed by atoms with Crippen molar-refractivity contribution in [3.05, 3.63) is 127 Å². The lowest BCUT2D eigenvalue weighted by Gasteiger charge is -2.13. The summed E-state index contributed by atoms with van der Waals surface area (Å²) in [7, 11) is 0. The molecule has 0 atom stereocenters. The monoisotopic (exact) mass is 784 g/mol. The Morgan fingerprint density at radius 3 is 1.10 bits per heavy atom. The van der Waals surface area contributed by atoms with E-state index >= 15 is 0 Å². The van der Waals surface area contributed by atoms with Crippen molar-refractivity contribution in [3.8, 4) is 0 Å². The zero-order valence-electron chi connectivity index (χ0n) is 23.5. The molecule has 0 spiro atoms. The van der Waals surface area contributed by atoms with Gasteiger partial charge in [-0.25, -0.2) is 0 Å². The van der Waals surface area contributed by atoms with Crippen LogP contribution < -0.4 is 21.3 Å². The summed E-state index contributed by atoms with van der Waals surface area (Å²) in [5.41, 5.74) is -1.46. The third kappa shape index (κ3) is 11.2. The molecule has 4 rings (SSSR count). The fourth-order valence-corrected chi connectivity index (χ4v) is 5.19. The van der Waals surface area contributed by atoms with Crippen LogP contribution in [0, 0.1) is 0 Å². The minimum Gasteiger partial charge on any atom is -0.332 e. The summed E-state index contributed by atoms with van der Waals surface area (Å²) in [4.78, 5) is 24.3. The molecule has 4 aromatic carbocycles. The maximum absolute atomic E-state index is 12.7. The van der Waals surface area contributed by atoms with Gasteiger partial charge in [-0.3, -0.25) is 20.2 Å². The average Bonchev–Trinajstić information content (AvgIpc) is 2.96. The molecule has 2 amide bonds. The van der Waals surface area contributed by atoms with Crippen molar-refractivity contribution >= 4 is 104 Å². The van der Waals surface area contributed by atoms with Gasteiger partial charge in [0.15, 0.2) is 10.2 Å². The van der Waals surface area contributed by atoms with Crippen LogP contribution in [0.4, 0.5) is 37.7 Å². The Labute approximate surface area is 299 Å². The Kier molecular flexibility index (Phi) is 13.4.